The molecule has 3 nitrogen and oxygen atoms in total. The topological polar surface area (TPSA) is 65.6 Å². The zero-order valence-electron chi connectivity index (χ0n) is 8.96. The molecule has 0 amide bonds. The van der Waals surface area contributed by atoms with E-state index in [2.05, 4.69) is 11.1 Å². The molecular formula is C13H13N3. The third-order valence-corrected chi connectivity index (χ3v) is 3.36. The van der Waals surface area contributed by atoms with Gasteiger partial charge in [-0.15, -0.1) is 0 Å². The Bertz CT molecular complexity index is 589. The van der Waals surface area contributed by atoms with Crippen LogP contribution in [0.2, 0.25) is 0 Å². The molecular weight excluding hydrogens is 198 g/mol. The highest BCUT2D eigenvalue weighted by Crippen LogP contribution is 2.29. The fourth-order valence-corrected chi connectivity index (χ4v) is 2.53. The number of H-pyrrole nitrogens is 1. The van der Waals surface area contributed by atoms with E-state index in [4.69, 9.17) is 11.0 Å². The Kier molecular flexibility index (Phi) is 1.98. The van der Waals surface area contributed by atoms with Gasteiger partial charge in [-0.3, -0.25) is 0 Å². The minimum absolute atomic E-state index is 0.274. The first-order chi connectivity index (χ1) is 7.78. The van der Waals surface area contributed by atoms with Crippen LogP contribution in [0, 0.1) is 11.3 Å². The van der Waals surface area contributed by atoms with Gasteiger partial charge >= 0.3 is 0 Å². The Balaban J connectivity index is 2.23. The zero-order chi connectivity index (χ0) is 11.1. The number of hydrogen-bond donors (Lipinski definition) is 2. The molecule has 1 atom stereocenters. The number of nitriles is 1. The van der Waals surface area contributed by atoms with Gasteiger partial charge in [0, 0.05) is 29.1 Å². The van der Waals surface area contributed by atoms with Gasteiger partial charge in [-0.25, -0.2) is 0 Å². The van der Waals surface area contributed by atoms with Crippen molar-refractivity contribution in [2.45, 2.75) is 25.3 Å². The molecule has 3 rings (SSSR count). The van der Waals surface area contributed by atoms with Crippen LogP contribution in [-0.4, -0.2) is 11.0 Å². The lowest BCUT2D eigenvalue weighted by molar-refractivity contribution is 0.572. The summed E-state index contributed by atoms with van der Waals surface area (Å²) in [5.41, 5.74) is 10.4. The number of nitrogens with zero attached hydrogens (tertiary/aromatic N) is 1. The van der Waals surface area contributed by atoms with Crippen LogP contribution in [0.5, 0.6) is 0 Å². The minimum Gasteiger partial charge on any atom is -0.358 e. The fraction of sp³-hybridized carbons (Fsp3) is 0.308. The summed E-state index contributed by atoms with van der Waals surface area (Å²) in [5.74, 6) is 0. The molecule has 80 valence electrons. The first-order valence-corrected chi connectivity index (χ1v) is 5.57. The maximum Gasteiger partial charge on any atom is 0.0991 e. The molecule has 1 aliphatic carbocycles. The first-order valence-electron chi connectivity index (χ1n) is 5.57. The molecule has 1 aromatic carbocycles. The molecule has 0 radical (unpaired) electrons. The average Bonchev–Trinajstić information content (AvgIpc) is 2.65. The maximum atomic E-state index is 8.90. The number of fused-ring (bicyclic) bond motifs is 3. The number of hydrogen-bond acceptors (Lipinski definition) is 2. The van der Waals surface area contributed by atoms with Crippen molar-refractivity contribution < 1.29 is 0 Å². The van der Waals surface area contributed by atoms with Gasteiger partial charge in [0.15, 0.2) is 0 Å². The largest absolute Gasteiger partial charge is 0.358 e. The Morgan fingerprint density at radius 1 is 1.44 bits per heavy atom. The van der Waals surface area contributed by atoms with Crippen molar-refractivity contribution in [1.82, 2.24) is 4.98 Å². The summed E-state index contributed by atoms with van der Waals surface area (Å²) in [7, 11) is 0. The van der Waals surface area contributed by atoms with Crippen LogP contribution >= 0.6 is 0 Å². The van der Waals surface area contributed by atoms with Crippen molar-refractivity contribution in [2.75, 3.05) is 0 Å². The first kappa shape index (κ1) is 9.44. The van der Waals surface area contributed by atoms with Crippen LogP contribution in [0.15, 0.2) is 18.2 Å². The molecule has 1 aromatic heterocycles. The summed E-state index contributed by atoms with van der Waals surface area (Å²) in [6.07, 6.45) is 2.98. The molecule has 3 heteroatoms. The van der Waals surface area contributed by atoms with E-state index in [1.54, 1.807) is 0 Å². The monoisotopic (exact) mass is 211 g/mol. The molecule has 0 bridgehead atoms. The smallest absolute Gasteiger partial charge is 0.0991 e. The second-order valence-corrected chi connectivity index (χ2v) is 4.46. The van der Waals surface area contributed by atoms with E-state index in [-0.39, 0.29) is 6.04 Å². The highest BCUT2D eigenvalue weighted by Gasteiger charge is 2.19. The Morgan fingerprint density at radius 3 is 3.12 bits per heavy atom. The SMILES string of the molecule is N#Cc1ccc2[nH]c3c(c2c1)CCC(N)C3. The second-order valence-electron chi connectivity index (χ2n) is 4.46. The molecule has 3 N–H and O–H groups in total. The van der Waals surface area contributed by atoms with E-state index in [0.29, 0.717) is 0 Å². The van der Waals surface area contributed by atoms with Crippen LogP contribution in [-0.2, 0) is 12.8 Å². The number of aromatic nitrogens is 1. The van der Waals surface area contributed by atoms with Gasteiger partial charge in [-0.05, 0) is 36.6 Å². The van der Waals surface area contributed by atoms with Gasteiger partial charge in [0.1, 0.15) is 0 Å². The van der Waals surface area contributed by atoms with E-state index in [9.17, 15) is 0 Å². The average molecular weight is 211 g/mol. The predicted octanol–water partition coefficient (Wildman–Crippen LogP) is 1.86. The maximum absolute atomic E-state index is 8.90. The molecule has 2 aromatic rings. The zero-order valence-corrected chi connectivity index (χ0v) is 8.96. The van der Waals surface area contributed by atoms with Gasteiger partial charge in [0.05, 0.1) is 11.6 Å². The number of aromatic amines is 1. The van der Waals surface area contributed by atoms with E-state index in [0.717, 1.165) is 30.3 Å². The summed E-state index contributed by atoms with van der Waals surface area (Å²) >= 11 is 0. The molecule has 0 saturated carbocycles. The molecule has 1 aliphatic rings. The van der Waals surface area contributed by atoms with Crippen LogP contribution in [0.25, 0.3) is 10.9 Å². The molecule has 0 saturated heterocycles. The molecule has 1 heterocycles. The lowest BCUT2D eigenvalue weighted by Gasteiger charge is -2.17. The third-order valence-electron chi connectivity index (χ3n) is 3.36. The summed E-state index contributed by atoms with van der Waals surface area (Å²) < 4.78 is 0. The van der Waals surface area contributed by atoms with Crippen molar-refractivity contribution in [2.24, 2.45) is 5.73 Å². The van der Waals surface area contributed by atoms with Gasteiger partial charge in [-0.1, -0.05) is 0 Å². The van der Waals surface area contributed by atoms with Crippen molar-refractivity contribution >= 4 is 10.9 Å². The van der Waals surface area contributed by atoms with Crippen LogP contribution in [0.3, 0.4) is 0 Å². The van der Waals surface area contributed by atoms with Crippen LogP contribution in [0.1, 0.15) is 23.2 Å². The molecule has 16 heavy (non-hydrogen) atoms. The van der Waals surface area contributed by atoms with Crippen molar-refractivity contribution in [3.8, 4) is 6.07 Å². The van der Waals surface area contributed by atoms with E-state index >= 15 is 0 Å². The molecule has 0 fully saturated rings. The summed E-state index contributed by atoms with van der Waals surface area (Å²) in [4.78, 5) is 3.41. The Labute approximate surface area is 93.9 Å². The molecule has 1 unspecified atom stereocenters. The molecule has 0 aliphatic heterocycles. The number of aryl methyl sites for hydroxylation is 1. The predicted molar refractivity (Wildman–Crippen MR) is 63.0 cm³/mol. The lowest BCUT2D eigenvalue weighted by Crippen LogP contribution is -2.27. The van der Waals surface area contributed by atoms with Crippen molar-refractivity contribution in [3.63, 3.8) is 0 Å². The van der Waals surface area contributed by atoms with Crippen molar-refractivity contribution in [1.29, 1.82) is 5.26 Å². The Morgan fingerprint density at radius 2 is 2.31 bits per heavy atom. The lowest BCUT2D eigenvalue weighted by atomic mass is 9.92. The highest BCUT2D eigenvalue weighted by molar-refractivity contribution is 5.86. The van der Waals surface area contributed by atoms with Gasteiger partial charge in [0.25, 0.3) is 0 Å². The second kappa shape index (κ2) is 3.36. The quantitative estimate of drug-likeness (QED) is 0.698. The highest BCUT2D eigenvalue weighted by atomic mass is 14.8. The van der Waals surface area contributed by atoms with Gasteiger partial charge in [0.2, 0.25) is 0 Å². The summed E-state index contributed by atoms with van der Waals surface area (Å²) in [6.45, 7) is 0. The summed E-state index contributed by atoms with van der Waals surface area (Å²) in [6, 6.07) is 8.27. The van der Waals surface area contributed by atoms with Gasteiger partial charge < -0.3 is 10.7 Å². The van der Waals surface area contributed by atoms with Crippen molar-refractivity contribution in [3.05, 3.63) is 35.0 Å². The van der Waals surface area contributed by atoms with Gasteiger partial charge in [-0.2, -0.15) is 5.26 Å². The number of nitrogens with one attached hydrogen (secondary N) is 1. The Hall–Kier alpha value is -1.79. The fourth-order valence-electron chi connectivity index (χ4n) is 2.53. The van der Waals surface area contributed by atoms with Crippen LogP contribution in [0.4, 0.5) is 0 Å². The summed E-state index contributed by atoms with van der Waals surface area (Å²) in [5, 5.41) is 10.1. The van der Waals surface area contributed by atoms with E-state index in [1.807, 2.05) is 18.2 Å². The number of nitrogens with two attached hydrogens (primary N) is 1. The normalized spacial score (nSPS) is 19.4. The third kappa shape index (κ3) is 1.31. The van der Waals surface area contributed by atoms with E-state index < -0.39 is 0 Å². The number of rotatable bonds is 0. The standard InChI is InChI=1S/C13H13N3/c14-7-8-1-4-12-11(5-8)10-3-2-9(15)6-13(10)16-12/h1,4-5,9,16H,2-3,6,15H2. The van der Waals surface area contributed by atoms with E-state index in [1.165, 1.54) is 16.6 Å². The minimum atomic E-state index is 0.274. The van der Waals surface area contributed by atoms with Crippen LogP contribution < -0.4 is 5.73 Å². The number of benzene rings is 1. The molecule has 0 spiro atoms.